The first-order valence-corrected chi connectivity index (χ1v) is 11.7. The van der Waals surface area contributed by atoms with Crippen molar-refractivity contribution in [2.45, 2.75) is 65.2 Å². The van der Waals surface area contributed by atoms with Gasteiger partial charge < -0.3 is 4.89 Å². The largest absolute Gasteiger partial charge is 0.364 e. The zero-order valence-electron chi connectivity index (χ0n) is 11.3. The van der Waals surface area contributed by atoms with Crippen molar-refractivity contribution in [3.05, 3.63) is 0 Å². The maximum Gasteiger partial charge on any atom is 0.0631 e. The predicted molar refractivity (Wildman–Crippen MR) is 84.9 cm³/mol. The van der Waals surface area contributed by atoms with Crippen LogP contribution in [0.1, 0.15) is 65.2 Å². The molecule has 0 aliphatic heterocycles. The van der Waals surface area contributed by atoms with Gasteiger partial charge in [-0.05, 0) is 24.3 Å². The molecule has 1 unspecified atom stereocenters. The molecule has 1 N–H and O–H groups in total. The van der Waals surface area contributed by atoms with E-state index < -0.39 is 6.13 Å². The predicted octanol–water partition coefficient (Wildman–Crippen LogP) is 4.64. The second-order valence-electron chi connectivity index (χ2n) is 4.30. The molecule has 0 fully saturated rings. The van der Waals surface area contributed by atoms with Gasteiger partial charge in [0.05, 0.1) is 6.13 Å². The van der Waals surface area contributed by atoms with Gasteiger partial charge in [0.25, 0.3) is 0 Å². The van der Waals surface area contributed by atoms with Crippen LogP contribution in [0.4, 0.5) is 0 Å². The average molecular weight is 380 g/mol. The third kappa shape index (κ3) is 14.0. The Labute approximate surface area is 130 Å². The summed E-state index contributed by atoms with van der Waals surface area (Å²) in [6.45, 7) is 4.48. The first kappa shape index (κ1) is 21.1. The summed E-state index contributed by atoms with van der Waals surface area (Å²) < 4.78 is 0. The van der Waals surface area contributed by atoms with Gasteiger partial charge >= 0.3 is 0 Å². The zero-order chi connectivity index (χ0) is 12.2. The molecule has 0 aromatic carbocycles. The fourth-order valence-corrected chi connectivity index (χ4v) is 6.97. The van der Waals surface area contributed by atoms with E-state index >= 15 is 0 Å². The Bertz CT molecular complexity index is 183. The van der Waals surface area contributed by atoms with Crippen molar-refractivity contribution >= 4 is 28.4 Å². The minimum atomic E-state index is -1.32. The van der Waals surface area contributed by atoms with Crippen LogP contribution in [0.25, 0.3) is 0 Å². The van der Waals surface area contributed by atoms with Crippen molar-refractivity contribution in [2.24, 2.45) is 0 Å². The number of rotatable bonds is 10. The molecule has 0 radical (unpaired) electrons. The third-order valence-corrected chi connectivity index (χ3v) is 9.92. The molecule has 5 heteroatoms. The topological polar surface area (TPSA) is 20.2 Å². The maximum atomic E-state index is 9.70. The fraction of sp³-hybridized carbons (Fsp3) is 1.00. The Morgan fingerprint density at radius 2 is 1.29 bits per heavy atom. The Morgan fingerprint density at radius 1 is 0.882 bits per heavy atom. The molecule has 1 atom stereocenters. The van der Waals surface area contributed by atoms with Crippen molar-refractivity contribution in [1.82, 2.24) is 0 Å². The Balaban J connectivity index is 0. The molecule has 0 rings (SSSR count). The summed E-state index contributed by atoms with van der Waals surface area (Å²) in [5.74, 6) is 2.45. The number of unbranched alkanes of at least 4 members (excludes halogenated alkanes) is 6. The van der Waals surface area contributed by atoms with Crippen LogP contribution in [0.15, 0.2) is 0 Å². The van der Waals surface area contributed by atoms with E-state index in [0.29, 0.717) is 0 Å². The van der Waals surface area contributed by atoms with E-state index in [2.05, 4.69) is 26.1 Å². The molecular weight excluding hydrogens is 351 g/mol. The van der Waals surface area contributed by atoms with Crippen LogP contribution >= 0.6 is 18.4 Å². The molecule has 106 valence electrons. The summed E-state index contributed by atoms with van der Waals surface area (Å²) in [4.78, 5) is 9.70. The fourth-order valence-electron chi connectivity index (χ4n) is 1.69. The van der Waals surface area contributed by atoms with E-state index in [4.69, 9.17) is 0 Å². The van der Waals surface area contributed by atoms with Crippen LogP contribution in [0, 0.1) is 0 Å². The monoisotopic (exact) mass is 382 g/mol. The smallest absolute Gasteiger partial charge is 0.0631 e. The molecule has 0 saturated heterocycles. The molecular formula is C12H29MoOPS2. The van der Waals surface area contributed by atoms with Gasteiger partial charge in [0.15, 0.2) is 0 Å². The van der Waals surface area contributed by atoms with Crippen LogP contribution in [0.3, 0.4) is 0 Å². The van der Waals surface area contributed by atoms with Crippen molar-refractivity contribution in [1.29, 1.82) is 0 Å². The van der Waals surface area contributed by atoms with E-state index in [0.717, 1.165) is 0 Å². The van der Waals surface area contributed by atoms with Crippen molar-refractivity contribution in [2.75, 3.05) is 11.5 Å². The number of hydrogen-bond donors (Lipinski definition) is 2. The van der Waals surface area contributed by atoms with Gasteiger partial charge in [-0.3, -0.25) is 0 Å². The summed E-state index contributed by atoms with van der Waals surface area (Å²) in [5, 5.41) is 0. The normalized spacial score (nSPS) is 12.5. The molecule has 0 aromatic heterocycles. The van der Waals surface area contributed by atoms with Crippen LogP contribution in [-0.2, 0) is 31.1 Å². The van der Waals surface area contributed by atoms with Crippen LogP contribution in [0.5, 0.6) is 0 Å². The Hall–Kier alpha value is 1.78. The van der Waals surface area contributed by atoms with Crippen LogP contribution in [0.2, 0.25) is 0 Å². The van der Waals surface area contributed by atoms with Crippen LogP contribution in [-0.4, -0.2) is 16.4 Å². The average Bonchev–Trinajstić information content (AvgIpc) is 2.26. The molecule has 0 amide bonds. The quantitative estimate of drug-likeness (QED) is 0.245. The summed E-state index contributed by atoms with van der Waals surface area (Å²) in [5.41, 5.74) is 0. The summed E-state index contributed by atoms with van der Waals surface area (Å²) in [6.07, 6.45) is 9.19. The van der Waals surface area contributed by atoms with E-state index in [-0.39, 0.29) is 31.1 Å². The first-order chi connectivity index (χ1) is 7.72. The van der Waals surface area contributed by atoms with Gasteiger partial charge in [-0.2, -0.15) is 10.1 Å². The maximum absolute atomic E-state index is 9.70. The van der Waals surface area contributed by atoms with Crippen molar-refractivity contribution in [3.8, 4) is 0 Å². The van der Waals surface area contributed by atoms with E-state index in [1.807, 2.05) is 0 Å². The van der Waals surface area contributed by atoms with Gasteiger partial charge in [-0.25, -0.2) is 0 Å². The second kappa shape index (κ2) is 15.8. The Kier molecular flexibility index (Phi) is 19.6. The molecule has 0 aliphatic rings. The minimum Gasteiger partial charge on any atom is -0.364 e. The van der Waals surface area contributed by atoms with E-state index in [1.54, 1.807) is 0 Å². The molecule has 1 nitrogen and oxygen atoms in total. The summed E-state index contributed by atoms with van der Waals surface area (Å²) in [6, 6.07) is 0. The summed E-state index contributed by atoms with van der Waals surface area (Å²) >= 11 is 4.31. The summed E-state index contributed by atoms with van der Waals surface area (Å²) in [7, 11) is 0.238. The number of thiol groups is 1. The van der Waals surface area contributed by atoms with Gasteiger partial charge in [-0.15, -0.1) is 12.2 Å². The zero-order valence-corrected chi connectivity index (χ0v) is 16.0. The second-order valence-corrected chi connectivity index (χ2v) is 11.7. The molecule has 0 heterocycles. The standard InChI is InChI=1S/C12H29OPS2.Mo/c1-3-5-7-9-11-16(14(13)15)12-10-8-6-4-2;/h13-15H,3-12H2,1-2H3;. The molecule has 0 saturated carbocycles. The van der Waals surface area contributed by atoms with Gasteiger partial charge in [0, 0.05) is 21.1 Å². The van der Waals surface area contributed by atoms with E-state index in [1.165, 1.54) is 62.9 Å². The first-order valence-electron chi connectivity index (χ1n) is 6.64. The molecule has 17 heavy (non-hydrogen) atoms. The van der Waals surface area contributed by atoms with E-state index in [9.17, 15) is 4.89 Å². The molecule has 0 spiro atoms. The Morgan fingerprint density at radius 3 is 1.59 bits per heavy atom. The van der Waals surface area contributed by atoms with Gasteiger partial charge in [0.2, 0.25) is 0 Å². The molecule has 0 aromatic rings. The minimum absolute atomic E-state index is 0. The van der Waals surface area contributed by atoms with Gasteiger partial charge in [-0.1, -0.05) is 52.4 Å². The molecule has 0 aliphatic carbocycles. The number of hydrogen-bond acceptors (Lipinski definition) is 0. The van der Waals surface area contributed by atoms with Crippen LogP contribution < -0.4 is 0 Å². The molecule has 0 bridgehead atoms. The SMILES string of the molecule is CCCCCCS(CCCCCC)=[PH](O)S.[Mo]. The van der Waals surface area contributed by atoms with Crippen molar-refractivity contribution < 1.29 is 26.0 Å². The third-order valence-electron chi connectivity index (χ3n) is 2.75. The van der Waals surface area contributed by atoms with Gasteiger partial charge in [0.1, 0.15) is 0 Å². The van der Waals surface area contributed by atoms with Crippen molar-refractivity contribution in [3.63, 3.8) is 0 Å².